The normalized spacial score (nSPS) is 19.2. The monoisotopic (exact) mass is 428 g/mol. The van der Waals surface area contributed by atoms with Crippen molar-refractivity contribution in [3.8, 4) is 0 Å². The number of carboxylic acid groups (broad SMARTS) is 1. The summed E-state index contributed by atoms with van der Waals surface area (Å²) in [6.07, 6.45) is -2.71. The van der Waals surface area contributed by atoms with E-state index in [1.807, 2.05) is 6.92 Å². The van der Waals surface area contributed by atoms with Gasteiger partial charge in [0.2, 0.25) is 12.1 Å². The first-order valence-electron chi connectivity index (χ1n) is 8.63. The number of hydrogen-bond acceptors (Lipinski definition) is 9. The number of non-ortho nitro benzene ring substituents is 1. The van der Waals surface area contributed by atoms with E-state index in [1.165, 1.54) is 36.0 Å². The Hall–Kier alpha value is -2.86. The number of carbonyl (C=O) groups is 3. The highest BCUT2D eigenvalue weighted by Crippen LogP contribution is 2.38. The molecule has 0 radical (unpaired) electrons. The molecule has 3 unspecified atom stereocenters. The number of hydrogen-bond donors (Lipinski definition) is 2. The molecule has 2 rings (SSSR count). The number of aliphatic hydroxyl groups is 1. The molecular weight excluding hydrogens is 408 g/mol. The van der Waals surface area contributed by atoms with Crippen LogP contribution in [0.15, 0.2) is 24.3 Å². The molecule has 0 saturated carbocycles. The van der Waals surface area contributed by atoms with E-state index in [1.54, 1.807) is 0 Å². The van der Waals surface area contributed by atoms with E-state index in [0.717, 1.165) is 4.90 Å². The predicted octanol–water partition coefficient (Wildman–Crippen LogP) is 1.58. The highest BCUT2D eigenvalue weighted by atomic mass is 32.2. The molecule has 12 heteroatoms. The highest BCUT2D eigenvalue weighted by molar-refractivity contribution is 7.99. The molecule has 2 N–H and O–H groups in total. The van der Waals surface area contributed by atoms with Crippen molar-refractivity contribution in [2.45, 2.75) is 31.6 Å². The lowest BCUT2D eigenvalue weighted by atomic mass is 9.94. The van der Waals surface area contributed by atoms with Crippen molar-refractivity contribution in [1.29, 1.82) is 0 Å². The van der Waals surface area contributed by atoms with Crippen LogP contribution in [0.2, 0.25) is 0 Å². The molecule has 0 bridgehead atoms. The van der Waals surface area contributed by atoms with Crippen molar-refractivity contribution < 1.29 is 39.0 Å². The van der Waals surface area contributed by atoms with Crippen molar-refractivity contribution in [2.24, 2.45) is 5.92 Å². The van der Waals surface area contributed by atoms with E-state index < -0.39 is 40.5 Å². The van der Waals surface area contributed by atoms with Crippen LogP contribution < -0.4 is 0 Å². The molecule has 0 spiro atoms. The molecule has 3 atom stereocenters. The SMILES string of the molecule is CCSC1C(CCOC(=O)OCc2ccc([N+](=O)[O-])cc2)C(=O)N1C(O)C(=O)O. The maximum Gasteiger partial charge on any atom is 0.508 e. The highest BCUT2D eigenvalue weighted by Gasteiger charge is 2.51. The summed E-state index contributed by atoms with van der Waals surface area (Å²) in [7, 11) is 0. The Morgan fingerprint density at radius 1 is 1.31 bits per heavy atom. The van der Waals surface area contributed by atoms with E-state index in [4.69, 9.17) is 14.6 Å². The second kappa shape index (κ2) is 10.1. The lowest BCUT2D eigenvalue weighted by molar-refractivity contribution is -0.384. The van der Waals surface area contributed by atoms with Crippen molar-refractivity contribution in [3.63, 3.8) is 0 Å². The lowest BCUT2D eigenvalue weighted by Crippen LogP contribution is -2.65. The third kappa shape index (κ3) is 5.57. The molecule has 1 fully saturated rings. The van der Waals surface area contributed by atoms with E-state index in [0.29, 0.717) is 11.3 Å². The van der Waals surface area contributed by atoms with E-state index in [-0.39, 0.29) is 25.3 Å². The summed E-state index contributed by atoms with van der Waals surface area (Å²) in [5.41, 5.74) is 0.461. The Labute approximate surface area is 169 Å². The minimum atomic E-state index is -1.91. The summed E-state index contributed by atoms with van der Waals surface area (Å²) >= 11 is 1.32. The first-order chi connectivity index (χ1) is 13.8. The van der Waals surface area contributed by atoms with Crippen LogP contribution in [0.4, 0.5) is 10.5 Å². The minimum absolute atomic E-state index is 0.0805. The molecule has 11 nitrogen and oxygen atoms in total. The van der Waals surface area contributed by atoms with Crippen molar-refractivity contribution in [1.82, 2.24) is 4.90 Å². The number of ether oxygens (including phenoxy) is 2. The molecule has 0 aliphatic carbocycles. The quantitative estimate of drug-likeness (QED) is 0.243. The van der Waals surface area contributed by atoms with Gasteiger partial charge in [-0.15, -0.1) is 11.8 Å². The van der Waals surface area contributed by atoms with Gasteiger partial charge >= 0.3 is 12.1 Å². The van der Waals surface area contributed by atoms with E-state index in [2.05, 4.69) is 0 Å². The van der Waals surface area contributed by atoms with Gasteiger partial charge in [0.25, 0.3) is 5.69 Å². The summed E-state index contributed by atoms with van der Waals surface area (Å²) in [6.45, 7) is 1.58. The maximum absolute atomic E-state index is 12.1. The minimum Gasteiger partial charge on any atom is -0.478 e. The summed E-state index contributed by atoms with van der Waals surface area (Å²) in [5, 5.41) is 28.6. The fourth-order valence-corrected chi connectivity index (χ4v) is 3.94. The van der Waals surface area contributed by atoms with Gasteiger partial charge in [-0.1, -0.05) is 6.92 Å². The number of carboxylic acids is 1. The smallest absolute Gasteiger partial charge is 0.478 e. The zero-order chi connectivity index (χ0) is 21.6. The topological polar surface area (TPSA) is 157 Å². The van der Waals surface area contributed by atoms with Gasteiger partial charge in [-0.3, -0.25) is 19.8 Å². The third-order valence-electron chi connectivity index (χ3n) is 4.16. The number of rotatable bonds is 10. The maximum atomic E-state index is 12.1. The Balaban J connectivity index is 1.76. The standard InChI is InChI=1S/C17H20N2O9S/c1-2-29-15-12(13(20)18(15)14(21)16(22)23)7-8-27-17(24)28-9-10-3-5-11(6-4-10)19(25)26/h3-6,12,14-15,21H,2,7-9H2,1H3,(H,22,23). The van der Waals surface area contributed by atoms with Crippen molar-refractivity contribution >= 4 is 35.5 Å². The Bertz CT molecular complexity index is 771. The first kappa shape index (κ1) is 22.4. The fourth-order valence-electron chi connectivity index (χ4n) is 2.73. The molecular formula is C17H20N2O9S. The number of thioether (sulfide) groups is 1. The first-order valence-corrected chi connectivity index (χ1v) is 9.68. The van der Waals surface area contributed by atoms with E-state index in [9.17, 15) is 29.6 Å². The fraction of sp³-hybridized carbons (Fsp3) is 0.471. The molecule has 1 saturated heterocycles. The van der Waals surface area contributed by atoms with Crippen LogP contribution in [0.3, 0.4) is 0 Å². The van der Waals surface area contributed by atoms with Gasteiger partial charge in [0.15, 0.2) is 0 Å². The van der Waals surface area contributed by atoms with E-state index >= 15 is 0 Å². The van der Waals surface area contributed by atoms with Crippen LogP contribution in [0.5, 0.6) is 0 Å². The number of nitrogens with zero attached hydrogens (tertiary/aromatic N) is 2. The molecule has 1 aliphatic heterocycles. The number of aliphatic carboxylic acids is 1. The van der Waals surface area contributed by atoms with Gasteiger partial charge in [0.05, 0.1) is 22.8 Å². The van der Waals surface area contributed by atoms with Crippen LogP contribution in [0.1, 0.15) is 18.9 Å². The number of benzene rings is 1. The molecule has 1 heterocycles. The number of nitro benzene ring substituents is 1. The number of aliphatic hydroxyl groups excluding tert-OH is 1. The number of carbonyl (C=O) groups excluding carboxylic acids is 2. The zero-order valence-corrected chi connectivity index (χ0v) is 16.2. The van der Waals surface area contributed by atoms with Gasteiger partial charge < -0.3 is 19.7 Å². The second-order valence-corrected chi connectivity index (χ2v) is 7.40. The molecule has 1 aromatic carbocycles. The molecule has 1 amide bonds. The summed E-state index contributed by atoms with van der Waals surface area (Å²) in [4.78, 5) is 45.6. The number of amides is 1. The van der Waals surface area contributed by atoms with Gasteiger partial charge in [-0.25, -0.2) is 9.59 Å². The molecule has 1 aromatic rings. The molecule has 29 heavy (non-hydrogen) atoms. The molecule has 0 aromatic heterocycles. The Morgan fingerprint density at radius 2 is 1.97 bits per heavy atom. The Kier molecular flexibility index (Phi) is 7.79. The predicted molar refractivity (Wildman–Crippen MR) is 99.7 cm³/mol. The number of nitro groups is 1. The number of likely N-dealkylation sites (tertiary alicyclic amines) is 1. The van der Waals surface area contributed by atoms with Crippen LogP contribution in [0, 0.1) is 16.0 Å². The van der Waals surface area contributed by atoms with Crippen LogP contribution in [0.25, 0.3) is 0 Å². The van der Waals surface area contributed by atoms with Gasteiger partial charge in [-0.05, 0) is 29.9 Å². The summed E-state index contributed by atoms with van der Waals surface area (Å²) < 4.78 is 9.83. The van der Waals surface area contributed by atoms with Crippen LogP contribution >= 0.6 is 11.8 Å². The molecule has 1 aliphatic rings. The van der Waals surface area contributed by atoms with Gasteiger partial charge in [-0.2, -0.15) is 0 Å². The molecule has 158 valence electrons. The largest absolute Gasteiger partial charge is 0.508 e. The van der Waals surface area contributed by atoms with Gasteiger partial charge in [0, 0.05) is 12.1 Å². The summed E-state index contributed by atoms with van der Waals surface area (Å²) in [6, 6.07) is 5.48. The van der Waals surface area contributed by atoms with Crippen molar-refractivity contribution in [3.05, 3.63) is 39.9 Å². The van der Waals surface area contributed by atoms with Crippen molar-refractivity contribution in [2.75, 3.05) is 12.4 Å². The zero-order valence-electron chi connectivity index (χ0n) is 15.4. The number of β-lactam (4-membered cyclic amide) rings is 1. The van der Waals surface area contributed by atoms with Gasteiger partial charge in [0.1, 0.15) is 6.61 Å². The average Bonchev–Trinajstić information content (AvgIpc) is 2.69. The Morgan fingerprint density at radius 3 is 2.52 bits per heavy atom. The lowest BCUT2D eigenvalue weighted by Gasteiger charge is -2.47. The third-order valence-corrected chi connectivity index (χ3v) is 5.39. The summed E-state index contributed by atoms with van der Waals surface area (Å²) in [5.74, 6) is -2.00. The van der Waals surface area contributed by atoms with Crippen LogP contribution in [-0.2, 0) is 25.7 Å². The second-order valence-electron chi connectivity index (χ2n) is 6.01. The average molecular weight is 428 g/mol. The van der Waals surface area contributed by atoms with Crippen LogP contribution in [-0.4, -0.2) is 62.0 Å².